The Kier molecular flexibility index (Phi) is 7.49. The molecule has 3 rings (SSSR count). The predicted molar refractivity (Wildman–Crippen MR) is 120 cm³/mol. The van der Waals surface area contributed by atoms with E-state index >= 15 is 0 Å². The van der Waals surface area contributed by atoms with Crippen LogP contribution in [-0.4, -0.2) is 42.5 Å². The number of nitrogens with zero attached hydrogens (tertiary/aromatic N) is 1. The zero-order valence-corrected chi connectivity index (χ0v) is 18.2. The molecule has 164 valence electrons. The Labute approximate surface area is 184 Å². The normalized spacial score (nSPS) is 15.4. The Balaban J connectivity index is 1.91. The van der Waals surface area contributed by atoms with Crippen LogP contribution in [0.25, 0.3) is 11.6 Å². The number of hydrogen-bond acceptors (Lipinski definition) is 3. The summed E-state index contributed by atoms with van der Waals surface area (Å²) < 4.78 is 43.7. The van der Waals surface area contributed by atoms with Crippen molar-refractivity contribution in [2.75, 3.05) is 31.7 Å². The van der Waals surface area contributed by atoms with Crippen LogP contribution in [0.5, 0.6) is 5.75 Å². The summed E-state index contributed by atoms with van der Waals surface area (Å²) in [4.78, 5) is 14.6. The molecule has 1 fully saturated rings. The van der Waals surface area contributed by atoms with Crippen molar-refractivity contribution in [1.82, 2.24) is 4.90 Å². The first-order valence-electron chi connectivity index (χ1n) is 9.86. The van der Waals surface area contributed by atoms with Gasteiger partial charge in [-0.25, -0.2) is 0 Å². The zero-order chi connectivity index (χ0) is 22.4. The molecule has 2 aromatic carbocycles. The van der Waals surface area contributed by atoms with Crippen molar-refractivity contribution in [3.63, 3.8) is 0 Å². The highest BCUT2D eigenvalue weighted by atomic mass is 32.2. The maximum absolute atomic E-state index is 12.8. The number of rotatable bonds is 5. The summed E-state index contributed by atoms with van der Waals surface area (Å²) in [6.07, 6.45) is 0.705. The minimum absolute atomic E-state index is 0.0687. The molecule has 0 N–H and O–H groups in total. The molecule has 0 spiro atoms. The third kappa shape index (κ3) is 6.17. The van der Waals surface area contributed by atoms with Gasteiger partial charge < -0.3 is 9.64 Å². The second kappa shape index (κ2) is 10.1. The van der Waals surface area contributed by atoms with Crippen molar-refractivity contribution in [3.8, 4) is 5.75 Å². The van der Waals surface area contributed by atoms with Gasteiger partial charge >= 0.3 is 6.18 Å². The first-order valence-corrected chi connectivity index (χ1v) is 11.0. The number of methoxy groups -OCH3 is 1. The van der Waals surface area contributed by atoms with E-state index < -0.39 is 11.7 Å². The van der Waals surface area contributed by atoms with Gasteiger partial charge in [-0.05, 0) is 53.5 Å². The Morgan fingerprint density at radius 3 is 2.35 bits per heavy atom. The molecule has 7 heteroatoms. The van der Waals surface area contributed by atoms with Gasteiger partial charge in [-0.3, -0.25) is 4.79 Å². The van der Waals surface area contributed by atoms with Gasteiger partial charge in [0.15, 0.2) is 0 Å². The van der Waals surface area contributed by atoms with Crippen molar-refractivity contribution in [2.24, 2.45) is 0 Å². The van der Waals surface area contributed by atoms with E-state index in [0.717, 1.165) is 40.5 Å². The number of allylic oxidation sites excluding steroid dienone is 2. The molecule has 1 aliphatic heterocycles. The van der Waals surface area contributed by atoms with Gasteiger partial charge in [0, 0.05) is 30.7 Å². The average Bonchev–Trinajstić information content (AvgIpc) is 2.76. The Morgan fingerprint density at radius 2 is 1.77 bits per heavy atom. The van der Waals surface area contributed by atoms with Crippen molar-refractivity contribution < 1.29 is 22.7 Å². The van der Waals surface area contributed by atoms with E-state index in [1.165, 1.54) is 12.1 Å². The van der Waals surface area contributed by atoms with Crippen LogP contribution in [0.4, 0.5) is 13.2 Å². The Bertz CT molecular complexity index is 975. The number of hydrogen-bond donors (Lipinski definition) is 0. The lowest BCUT2D eigenvalue weighted by atomic mass is 10.0. The molecular weight excluding hydrogens is 423 g/mol. The first kappa shape index (κ1) is 23.0. The number of thioether (sulfide) groups is 1. The third-order valence-electron chi connectivity index (χ3n) is 5.02. The highest BCUT2D eigenvalue weighted by Crippen LogP contribution is 2.30. The molecule has 1 amide bonds. The predicted octanol–water partition coefficient (Wildman–Crippen LogP) is 5.69. The molecule has 0 saturated carbocycles. The van der Waals surface area contributed by atoms with Gasteiger partial charge in [-0.15, -0.1) is 0 Å². The average molecular weight is 448 g/mol. The molecule has 0 unspecified atom stereocenters. The second-order valence-electron chi connectivity index (χ2n) is 7.17. The van der Waals surface area contributed by atoms with Crippen LogP contribution < -0.4 is 4.74 Å². The lowest BCUT2D eigenvalue weighted by Crippen LogP contribution is -2.36. The van der Waals surface area contributed by atoms with E-state index in [-0.39, 0.29) is 5.91 Å². The van der Waals surface area contributed by atoms with Crippen LogP contribution in [0.15, 0.2) is 54.6 Å². The molecular formula is C24H24F3NO2S. The molecule has 0 bridgehead atoms. The minimum atomic E-state index is -4.37. The molecule has 1 heterocycles. The minimum Gasteiger partial charge on any atom is -0.496 e. The molecule has 0 atom stereocenters. The SMILES string of the molecule is COc1ccc(C(=C\C(=O)N2CCSCC2)/C=C/c2ccc(C(F)(F)F)cc2)cc1C. The summed E-state index contributed by atoms with van der Waals surface area (Å²) in [5.74, 6) is 2.51. The fourth-order valence-corrected chi connectivity index (χ4v) is 4.17. The summed E-state index contributed by atoms with van der Waals surface area (Å²) in [6, 6.07) is 10.6. The molecule has 0 radical (unpaired) electrons. The van der Waals surface area contributed by atoms with E-state index in [4.69, 9.17) is 4.74 Å². The van der Waals surface area contributed by atoms with Gasteiger partial charge in [-0.2, -0.15) is 24.9 Å². The zero-order valence-electron chi connectivity index (χ0n) is 17.4. The van der Waals surface area contributed by atoms with Crippen LogP contribution in [0, 0.1) is 6.92 Å². The van der Waals surface area contributed by atoms with Crippen LogP contribution in [-0.2, 0) is 11.0 Å². The van der Waals surface area contributed by atoms with Gasteiger partial charge in [0.1, 0.15) is 5.75 Å². The number of carbonyl (C=O) groups excluding carboxylic acids is 1. The summed E-state index contributed by atoms with van der Waals surface area (Å²) in [5.41, 5.74) is 2.38. The van der Waals surface area contributed by atoms with Gasteiger partial charge in [0.25, 0.3) is 0 Å². The molecule has 0 aliphatic carbocycles. The first-order chi connectivity index (χ1) is 14.8. The highest BCUT2D eigenvalue weighted by molar-refractivity contribution is 7.99. The number of alkyl halides is 3. The summed E-state index contributed by atoms with van der Waals surface area (Å²) >= 11 is 1.83. The maximum atomic E-state index is 12.8. The second-order valence-corrected chi connectivity index (χ2v) is 8.40. The van der Waals surface area contributed by atoms with E-state index in [1.54, 1.807) is 25.3 Å². The number of aryl methyl sites for hydroxylation is 1. The van der Waals surface area contributed by atoms with Crippen molar-refractivity contribution >= 4 is 29.3 Å². The van der Waals surface area contributed by atoms with E-state index in [0.29, 0.717) is 24.2 Å². The van der Waals surface area contributed by atoms with Gasteiger partial charge in [0.05, 0.1) is 12.7 Å². The number of amides is 1. The molecule has 3 nitrogen and oxygen atoms in total. The fraction of sp³-hybridized carbons (Fsp3) is 0.292. The van der Waals surface area contributed by atoms with E-state index in [9.17, 15) is 18.0 Å². The van der Waals surface area contributed by atoms with Crippen LogP contribution >= 0.6 is 11.8 Å². The van der Waals surface area contributed by atoms with Crippen LogP contribution in [0.1, 0.15) is 22.3 Å². The summed E-state index contributed by atoms with van der Waals surface area (Å²) in [6.45, 7) is 3.33. The fourth-order valence-electron chi connectivity index (χ4n) is 3.26. The number of ether oxygens (including phenoxy) is 1. The Morgan fingerprint density at radius 1 is 1.10 bits per heavy atom. The molecule has 1 aliphatic rings. The standard InChI is InChI=1S/C24H24F3NO2S/c1-17-15-19(7-10-22(17)30-2)20(16-23(29)28-11-13-31-14-12-28)6-3-18-4-8-21(9-5-18)24(25,26)27/h3-10,15-16H,11-14H2,1-2H3/b6-3+,20-16-. The van der Waals surface area contributed by atoms with Crippen molar-refractivity contribution in [3.05, 3.63) is 76.9 Å². The molecule has 0 aromatic heterocycles. The van der Waals surface area contributed by atoms with Crippen LogP contribution in [0.3, 0.4) is 0 Å². The summed E-state index contributed by atoms with van der Waals surface area (Å²) in [7, 11) is 1.60. The van der Waals surface area contributed by atoms with Crippen molar-refractivity contribution in [1.29, 1.82) is 0 Å². The van der Waals surface area contributed by atoms with Gasteiger partial charge in [-0.1, -0.05) is 30.4 Å². The molecule has 31 heavy (non-hydrogen) atoms. The monoisotopic (exact) mass is 447 g/mol. The smallest absolute Gasteiger partial charge is 0.416 e. The number of halogens is 3. The van der Waals surface area contributed by atoms with E-state index in [2.05, 4.69) is 0 Å². The topological polar surface area (TPSA) is 29.5 Å². The quantitative estimate of drug-likeness (QED) is 0.435. The molecule has 2 aromatic rings. The lowest BCUT2D eigenvalue weighted by molar-refractivity contribution is -0.137. The van der Waals surface area contributed by atoms with Crippen LogP contribution in [0.2, 0.25) is 0 Å². The summed E-state index contributed by atoms with van der Waals surface area (Å²) in [5, 5.41) is 0. The maximum Gasteiger partial charge on any atom is 0.416 e. The highest BCUT2D eigenvalue weighted by Gasteiger charge is 2.29. The Hall–Kier alpha value is -2.67. The molecule has 1 saturated heterocycles. The number of carbonyl (C=O) groups is 1. The van der Waals surface area contributed by atoms with E-state index in [1.807, 2.05) is 41.8 Å². The third-order valence-corrected chi connectivity index (χ3v) is 5.97. The van der Waals surface area contributed by atoms with Gasteiger partial charge in [0.2, 0.25) is 5.91 Å². The van der Waals surface area contributed by atoms with Crippen molar-refractivity contribution in [2.45, 2.75) is 13.1 Å². The lowest BCUT2D eigenvalue weighted by Gasteiger charge is -2.25. The largest absolute Gasteiger partial charge is 0.496 e. The number of benzene rings is 2.